The Balaban J connectivity index is 2.64. The van der Waals surface area contributed by atoms with Crippen LogP contribution in [0.15, 0.2) is 24.3 Å². The van der Waals surface area contributed by atoms with Gasteiger partial charge in [0.2, 0.25) is 0 Å². The van der Waals surface area contributed by atoms with E-state index in [1.54, 1.807) is 6.07 Å². The molecule has 0 amide bonds. The van der Waals surface area contributed by atoms with Gasteiger partial charge in [0.05, 0.1) is 5.30 Å². The molecule has 1 heterocycles. The van der Waals surface area contributed by atoms with Gasteiger partial charge in [-0.2, -0.15) is 0 Å². The summed E-state index contributed by atoms with van der Waals surface area (Å²) in [5, 5.41) is -0.215. The number of aryl methyl sites for hydroxylation is 2. The first-order valence-corrected chi connectivity index (χ1v) is 8.42. The molecule has 0 bridgehead atoms. The third kappa shape index (κ3) is 2.63. The van der Waals surface area contributed by atoms with Crippen LogP contribution in [-0.4, -0.2) is 15.6 Å². The third-order valence-electron chi connectivity index (χ3n) is 3.25. The minimum absolute atomic E-state index is 0.0739. The molecule has 1 aromatic heterocycles. The van der Waals surface area contributed by atoms with Crippen LogP contribution in [0.5, 0.6) is 0 Å². The summed E-state index contributed by atoms with van der Waals surface area (Å²) in [5.41, 5.74) is 1.50. The van der Waals surface area contributed by atoms with E-state index >= 15 is 0 Å². The third-order valence-corrected chi connectivity index (χ3v) is 5.39. The van der Waals surface area contributed by atoms with Crippen molar-refractivity contribution in [3.05, 3.63) is 50.7 Å². The summed E-state index contributed by atoms with van der Waals surface area (Å²) in [7, 11) is -4.47. The molecule has 0 aliphatic heterocycles. The molecule has 0 atom stereocenters. The maximum atomic E-state index is 12.6. The first kappa shape index (κ1) is 15.1. The molecule has 2 N–H and O–H groups in total. The minimum atomic E-state index is -4.47. The lowest BCUT2D eigenvalue weighted by atomic mass is 10.00. The molecule has 0 radical (unpaired) electrons. The smallest absolute Gasteiger partial charge is 0.321 e. The Morgan fingerprint density at radius 1 is 1.10 bits per heavy atom. The summed E-state index contributed by atoms with van der Waals surface area (Å²) in [6.07, 6.45) is 0. The minimum Gasteiger partial charge on any atom is -0.321 e. The number of hydrogen-bond acceptors (Lipinski definition) is 3. The van der Waals surface area contributed by atoms with Crippen LogP contribution in [0.25, 0.3) is 0 Å². The van der Waals surface area contributed by atoms with Crippen molar-refractivity contribution >= 4 is 30.0 Å². The Kier molecular flexibility index (Phi) is 3.98. The van der Waals surface area contributed by atoms with Gasteiger partial charge in [0, 0.05) is 20.9 Å². The van der Waals surface area contributed by atoms with E-state index in [0.717, 1.165) is 15.3 Å². The van der Waals surface area contributed by atoms with Crippen LogP contribution in [0.4, 0.5) is 0 Å². The quantitative estimate of drug-likeness (QED) is 0.675. The van der Waals surface area contributed by atoms with Gasteiger partial charge in [-0.1, -0.05) is 18.2 Å². The highest BCUT2D eigenvalue weighted by atomic mass is 32.1. The van der Waals surface area contributed by atoms with Gasteiger partial charge in [-0.25, -0.2) is 0 Å². The van der Waals surface area contributed by atoms with Crippen LogP contribution >= 0.6 is 18.9 Å². The molecule has 2 aromatic rings. The molecule has 1 aromatic carbocycles. The fourth-order valence-electron chi connectivity index (χ4n) is 2.18. The van der Waals surface area contributed by atoms with Crippen molar-refractivity contribution in [2.24, 2.45) is 0 Å². The average molecular weight is 310 g/mol. The summed E-state index contributed by atoms with van der Waals surface area (Å²) in [6.45, 7) is 5.63. The normalized spacial score (nSPS) is 11.7. The SMILES string of the molecule is Cc1sc(C)c(C(=O)c2ccccc2P(=O)(O)O)c1C. The standard InChI is InChI=1S/C14H15O4PS/c1-8-9(2)20-10(3)13(8)14(15)11-6-4-5-7-12(11)19(16,17)18/h4-7H,1-3H3,(H2,16,17,18). The molecule has 20 heavy (non-hydrogen) atoms. The van der Waals surface area contributed by atoms with Crippen molar-refractivity contribution in [3.63, 3.8) is 0 Å². The van der Waals surface area contributed by atoms with E-state index < -0.39 is 7.60 Å². The second-order valence-corrected chi connectivity index (χ2v) is 7.60. The maximum Gasteiger partial charge on any atom is 0.356 e. The van der Waals surface area contributed by atoms with Crippen LogP contribution in [-0.2, 0) is 4.57 Å². The van der Waals surface area contributed by atoms with E-state index in [-0.39, 0.29) is 16.7 Å². The zero-order chi connectivity index (χ0) is 15.1. The lowest BCUT2D eigenvalue weighted by Crippen LogP contribution is -2.17. The summed E-state index contributed by atoms with van der Waals surface area (Å²) in [6, 6.07) is 5.89. The lowest BCUT2D eigenvalue weighted by molar-refractivity contribution is 0.103. The highest BCUT2D eigenvalue weighted by Crippen LogP contribution is 2.36. The second kappa shape index (κ2) is 5.26. The van der Waals surface area contributed by atoms with Gasteiger partial charge in [-0.05, 0) is 32.4 Å². The monoisotopic (exact) mass is 310 g/mol. The zero-order valence-corrected chi connectivity index (χ0v) is 13.1. The van der Waals surface area contributed by atoms with Crippen molar-refractivity contribution in [1.82, 2.24) is 0 Å². The van der Waals surface area contributed by atoms with E-state index in [1.165, 1.54) is 29.5 Å². The number of ketones is 1. The molecule has 106 valence electrons. The van der Waals surface area contributed by atoms with Crippen LogP contribution < -0.4 is 5.30 Å². The number of benzene rings is 1. The van der Waals surface area contributed by atoms with Gasteiger partial charge in [-0.3, -0.25) is 9.36 Å². The van der Waals surface area contributed by atoms with E-state index in [9.17, 15) is 19.1 Å². The fourth-order valence-corrected chi connectivity index (χ4v) is 4.01. The van der Waals surface area contributed by atoms with E-state index in [4.69, 9.17) is 0 Å². The van der Waals surface area contributed by atoms with Crippen LogP contribution in [0, 0.1) is 20.8 Å². The first-order chi connectivity index (χ1) is 9.23. The van der Waals surface area contributed by atoms with Gasteiger partial charge >= 0.3 is 7.60 Å². The van der Waals surface area contributed by atoms with Crippen LogP contribution in [0.2, 0.25) is 0 Å². The maximum absolute atomic E-state index is 12.6. The molecule has 4 nitrogen and oxygen atoms in total. The van der Waals surface area contributed by atoms with Crippen molar-refractivity contribution in [3.8, 4) is 0 Å². The van der Waals surface area contributed by atoms with E-state index in [0.29, 0.717) is 5.56 Å². The predicted octanol–water partition coefficient (Wildman–Crippen LogP) is 2.71. The van der Waals surface area contributed by atoms with Gasteiger partial charge in [0.15, 0.2) is 5.78 Å². The number of carbonyl (C=O) groups is 1. The van der Waals surface area contributed by atoms with Crippen molar-refractivity contribution < 1.29 is 19.1 Å². The number of carbonyl (C=O) groups excluding carboxylic acids is 1. The van der Waals surface area contributed by atoms with Crippen LogP contribution in [0.1, 0.15) is 31.2 Å². The first-order valence-electron chi connectivity index (χ1n) is 6.00. The Morgan fingerprint density at radius 2 is 1.70 bits per heavy atom. The van der Waals surface area contributed by atoms with Gasteiger partial charge < -0.3 is 9.79 Å². The average Bonchev–Trinajstić information content (AvgIpc) is 2.61. The molecule has 0 fully saturated rings. The van der Waals surface area contributed by atoms with Crippen molar-refractivity contribution in [2.75, 3.05) is 0 Å². The lowest BCUT2D eigenvalue weighted by Gasteiger charge is -2.10. The molecular weight excluding hydrogens is 295 g/mol. The van der Waals surface area contributed by atoms with E-state index in [2.05, 4.69) is 0 Å². The predicted molar refractivity (Wildman–Crippen MR) is 80.1 cm³/mol. The topological polar surface area (TPSA) is 74.6 Å². The van der Waals surface area contributed by atoms with Crippen molar-refractivity contribution in [2.45, 2.75) is 20.8 Å². The summed E-state index contributed by atoms with van der Waals surface area (Å²) >= 11 is 1.52. The highest BCUT2D eigenvalue weighted by molar-refractivity contribution is 7.60. The molecule has 6 heteroatoms. The zero-order valence-electron chi connectivity index (χ0n) is 11.4. The molecular formula is C14H15O4PS. The summed E-state index contributed by atoms with van der Waals surface area (Å²) in [4.78, 5) is 33.3. The molecule has 0 unspecified atom stereocenters. The summed E-state index contributed by atoms with van der Waals surface area (Å²) < 4.78 is 11.5. The Bertz CT molecular complexity index is 727. The molecule has 0 saturated heterocycles. The van der Waals surface area contributed by atoms with Gasteiger partial charge in [0.1, 0.15) is 0 Å². The second-order valence-electron chi connectivity index (χ2n) is 4.60. The van der Waals surface area contributed by atoms with E-state index in [1.807, 2.05) is 20.8 Å². The molecule has 0 aliphatic rings. The number of rotatable bonds is 3. The Hall–Kier alpha value is -1.26. The molecule has 0 saturated carbocycles. The van der Waals surface area contributed by atoms with Crippen LogP contribution in [0.3, 0.4) is 0 Å². The Morgan fingerprint density at radius 3 is 2.20 bits per heavy atom. The molecule has 0 aliphatic carbocycles. The number of thiophene rings is 1. The fraction of sp³-hybridized carbons (Fsp3) is 0.214. The van der Waals surface area contributed by atoms with Gasteiger partial charge in [-0.15, -0.1) is 11.3 Å². The highest BCUT2D eigenvalue weighted by Gasteiger charge is 2.27. The Labute approximate surface area is 121 Å². The summed E-state index contributed by atoms with van der Waals surface area (Å²) in [5.74, 6) is -0.330. The molecule has 2 rings (SSSR count). The van der Waals surface area contributed by atoms with Crippen molar-refractivity contribution in [1.29, 1.82) is 0 Å². The van der Waals surface area contributed by atoms with Gasteiger partial charge in [0.25, 0.3) is 0 Å². The molecule has 0 spiro atoms. The largest absolute Gasteiger partial charge is 0.356 e. The number of hydrogen-bond donors (Lipinski definition) is 2.